The number of benzene rings is 1. The van der Waals surface area contributed by atoms with Gasteiger partial charge in [0.05, 0.1) is 5.69 Å². The molecule has 1 aromatic rings. The second-order valence-corrected chi connectivity index (χ2v) is 7.25. The molecule has 2 aliphatic rings. The van der Waals surface area contributed by atoms with Gasteiger partial charge in [-0.1, -0.05) is 12.1 Å². The predicted molar refractivity (Wildman–Crippen MR) is 117 cm³/mol. The van der Waals surface area contributed by atoms with Gasteiger partial charge in [-0.3, -0.25) is 4.79 Å². The minimum Gasteiger partial charge on any atom is -0.367 e. The Hall–Kier alpha value is -1.58. The normalized spacial score (nSPS) is 19.9. The van der Waals surface area contributed by atoms with Gasteiger partial charge in [0.1, 0.15) is 12.4 Å². The van der Waals surface area contributed by atoms with E-state index in [-0.39, 0.29) is 48.3 Å². The van der Waals surface area contributed by atoms with E-state index in [0.717, 1.165) is 32.2 Å². The molecule has 1 saturated heterocycles. The number of rotatable bonds is 5. The van der Waals surface area contributed by atoms with E-state index in [1.54, 1.807) is 25.1 Å². The minimum atomic E-state index is -0.185. The van der Waals surface area contributed by atoms with Gasteiger partial charge in [-0.2, -0.15) is 0 Å². The highest BCUT2D eigenvalue weighted by atomic mass is 127. The molecule has 1 heterocycles. The Bertz CT molecular complexity index is 665. The van der Waals surface area contributed by atoms with Crippen molar-refractivity contribution in [2.24, 2.45) is 4.99 Å². The maximum absolute atomic E-state index is 14.1. The number of aliphatic imine (C=N–C) groups is 1. The zero-order valence-electron chi connectivity index (χ0n) is 15.9. The first-order valence-corrected chi connectivity index (χ1v) is 9.30. The lowest BCUT2D eigenvalue weighted by molar-refractivity contribution is -0.127. The van der Waals surface area contributed by atoms with Gasteiger partial charge in [0, 0.05) is 39.3 Å². The van der Waals surface area contributed by atoms with Crippen LogP contribution >= 0.6 is 24.0 Å². The molecule has 27 heavy (non-hydrogen) atoms. The number of halogens is 2. The first-order chi connectivity index (χ1) is 12.5. The predicted octanol–water partition coefficient (Wildman–Crippen LogP) is 2.20. The third-order valence-corrected chi connectivity index (χ3v) is 4.74. The summed E-state index contributed by atoms with van der Waals surface area (Å²) in [5, 5.41) is 6.82. The fourth-order valence-electron chi connectivity index (χ4n) is 3.06. The molecule has 6 nitrogen and oxygen atoms in total. The number of piperidine rings is 1. The summed E-state index contributed by atoms with van der Waals surface area (Å²) in [7, 11) is 3.46. The highest BCUT2D eigenvalue weighted by molar-refractivity contribution is 14.0. The molecule has 3 rings (SSSR count). The van der Waals surface area contributed by atoms with Crippen LogP contribution in [0.2, 0.25) is 0 Å². The Morgan fingerprint density at radius 3 is 2.59 bits per heavy atom. The minimum absolute atomic E-state index is 0. The SMILES string of the molecule is CN(C)C(=O)CN=C(NC1CC1)NC1CCCN(c2ccccc2F)C1.I. The number of carbonyl (C=O) groups is 1. The maximum atomic E-state index is 14.1. The van der Waals surface area contributed by atoms with Crippen LogP contribution in [0, 0.1) is 5.82 Å². The molecule has 150 valence electrons. The third-order valence-electron chi connectivity index (χ3n) is 4.74. The Morgan fingerprint density at radius 1 is 1.22 bits per heavy atom. The number of para-hydroxylation sites is 1. The molecular weight excluding hydrogens is 460 g/mol. The van der Waals surface area contributed by atoms with Crippen LogP contribution in [0.25, 0.3) is 0 Å². The van der Waals surface area contributed by atoms with Crippen molar-refractivity contribution in [3.63, 3.8) is 0 Å². The number of hydrogen-bond acceptors (Lipinski definition) is 3. The summed E-state index contributed by atoms with van der Waals surface area (Å²) in [6.45, 7) is 1.69. The molecule has 1 amide bonds. The lowest BCUT2D eigenvalue weighted by atomic mass is 10.0. The molecule has 0 spiro atoms. The number of nitrogens with one attached hydrogen (secondary N) is 2. The molecule has 0 radical (unpaired) electrons. The summed E-state index contributed by atoms with van der Waals surface area (Å²) < 4.78 is 14.1. The van der Waals surface area contributed by atoms with E-state index < -0.39 is 0 Å². The van der Waals surface area contributed by atoms with Crippen molar-refractivity contribution in [2.45, 2.75) is 37.8 Å². The van der Waals surface area contributed by atoms with Gasteiger partial charge in [0.15, 0.2) is 5.96 Å². The van der Waals surface area contributed by atoms with Crippen molar-refractivity contribution in [3.8, 4) is 0 Å². The van der Waals surface area contributed by atoms with E-state index in [9.17, 15) is 9.18 Å². The largest absolute Gasteiger partial charge is 0.367 e. The molecule has 0 bridgehead atoms. The van der Waals surface area contributed by atoms with Crippen LogP contribution < -0.4 is 15.5 Å². The fraction of sp³-hybridized carbons (Fsp3) is 0.579. The molecule has 2 N–H and O–H groups in total. The topological polar surface area (TPSA) is 60.0 Å². The van der Waals surface area contributed by atoms with Gasteiger partial charge in [0.2, 0.25) is 5.91 Å². The van der Waals surface area contributed by atoms with Crippen LogP contribution in [0.4, 0.5) is 10.1 Å². The molecule has 1 aliphatic carbocycles. The highest BCUT2D eigenvalue weighted by Crippen LogP contribution is 2.23. The second kappa shape index (κ2) is 10.1. The number of likely N-dealkylation sites (N-methyl/N-ethyl adjacent to an activating group) is 1. The molecule has 1 atom stereocenters. The van der Waals surface area contributed by atoms with E-state index >= 15 is 0 Å². The second-order valence-electron chi connectivity index (χ2n) is 7.25. The summed E-state index contributed by atoms with van der Waals surface area (Å²) in [4.78, 5) is 19.9. The maximum Gasteiger partial charge on any atom is 0.243 e. The van der Waals surface area contributed by atoms with E-state index in [4.69, 9.17) is 0 Å². The van der Waals surface area contributed by atoms with Crippen molar-refractivity contribution in [2.75, 3.05) is 38.6 Å². The first-order valence-electron chi connectivity index (χ1n) is 9.30. The lowest BCUT2D eigenvalue weighted by Crippen LogP contribution is -2.52. The average Bonchev–Trinajstić information content (AvgIpc) is 3.44. The molecule has 1 saturated carbocycles. The molecular formula is C19H29FIN5O. The monoisotopic (exact) mass is 489 g/mol. The number of nitrogens with zero attached hydrogens (tertiary/aromatic N) is 3. The molecule has 1 aromatic carbocycles. The summed E-state index contributed by atoms with van der Waals surface area (Å²) in [5.41, 5.74) is 0.649. The van der Waals surface area contributed by atoms with Gasteiger partial charge in [-0.05, 0) is 37.8 Å². The summed E-state index contributed by atoms with van der Waals surface area (Å²) in [6.07, 6.45) is 4.25. The molecule has 2 fully saturated rings. The summed E-state index contributed by atoms with van der Waals surface area (Å²) in [6, 6.07) is 7.52. The van der Waals surface area contributed by atoms with Crippen LogP contribution in [0.5, 0.6) is 0 Å². The molecule has 1 unspecified atom stereocenters. The van der Waals surface area contributed by atoms with E-state index in [1.807, 2.05) is 12.1 Å². The number of hydrogen-bond donors (Lipinski definition) is 2. The van der Waals surface area contributed by atoms with Crippen LogP contribution in [0.3, 0.4) is 0 Å². The van der Waals surface area contributed by atoms with Crippen LogP contribution in [0.1, 0.15) is 25.7 Å². The number of carbonyl (C=O) groups excluding carboxylic acids is 1. The van der Waals surface area contributed by atoms with E-state index in [2.05, 4.69) is 20.5 Å². The summed E-state index contributed by atoms with van der Waals surface area (Å²) >= 11 is 0. The lowest BCUT2D eigenvalue weighted by Gasteiger charge is -2.35. The quantitative estimate of drug-likeness (QED) is 0.379. The van der Waals surface area contributed by atoms with Crippen LogP contribution in [-0.2, 0) is 4.79 Å². The van der Waals surface area contributed by atoms with Crippen molar-refractivity contribution in [1.29, 1.82) is 0 Å². The molecule has 1 aliphatic heterocycles. The van der Waals surface area contributed by atoms with Gasteiger partial charge in [-0.15, -0.1) is 24.0 Å². The number of amides is 1. The highest BCUT2D eigenvalue weighted by Gasteiger charge is 2.26. The third kappa shape index (κ3) is 6.51. The summed E-state index contributed by atoms with van der Waals surface area (Å²) in [5.74, 6) is 0.469. The van der Waals surface area contributed by atoms with Crippen LogP contribution in [0.15, 0.2) is 29.3 Å². The van der Waals surface area contributed by atoms with Crippen molar-refractivity contribution >= 4 is 41.5 Å². The zero-order valence-corrected chi connectivity index (χ0v) is 18.3. The smallest absolute Gasteiger partial charge is 0.243 e. The Kier molecular flexibility index (Phi) is 8.12. The standard InChI is InChI=1S/C19H28FN5O.HI/c1-24(2)18(26)12-21-19(22-14-9-10-14)23-15-6-5-11-25(13-15)17-8-4-3-7-16(17)20;/h3-4,7-8,14-15H,5-6,9-13H2,1-2H3,(H2,21,22,23);1H. The van der Waals surface area contributed by atoms with Gasteiger partial charge < -0.3 is 20.4 Å². The average molecular weight is 489 g/mol. The van der Waals surface area contributed by atoms with Crippen molar-refractivity contribution in [1.82, 2.24) is 15.5 Å². The van der Waals surface area contributed by atoms with E-state index in [0.29, 0.717) is 24.2 Å². The van der Waals surface area contributed by atoms with Crippen molar-refractivity contribution < 1.29 is 9.18 Å². The van der Waals surface area contributed by atoms with Crippen molar-refractivity contribution in [3.05, 3.63) is 30.1 Å². The van der Waals surface area contributed by atoms with E-state index in [1.165, 1.54) is 6.07 Å². The molecule has 0 aromatic heterocycles. The Morgan fingerprint density at radius 2 is 1.93 bits per heavy atom. The number of guanidine groups is 1. The zero-order chi connectivity index (χ0) is 18.5. The number of anilines is 1. The van der Waals surface area contributed by atoms with Gasteiger partial charge in [-0.25, -0.2) is 9.38 Å². The Labute approximate surface area is 177 Å². The van der Waals surface area contributed by atoms with Crippen LogP contribution in [-0.4, -0.2) is 62.6 Å². The first kappa shape index (κ1) is 21.7. The molecule has 8 heteroatoms. The van der Waals surface area contributed by atoms with Gasteiger partial charge in [0.25, 0.3) is 0 Å². The Balaban J connectivity index is 0.00000261. The van der Waals surface area contributed by atoms with Gasteiger partial charge >= 0.3 is 0 Å². The fourth-order valence-corrected chi connectivity index (χ4v) is 3.06.